The van der Waals surface area contributed by atoms with Gasteiger partial charge in [0, 0.05) is 34.7 Å². The lowest BCUT2D eigenvalue weighted by molar-refractivity contribution is 0.284. The van der Waals surface area contributed by atoms with Gasteiger partial charge in [-0.2, -0.15) is 4.98 Å². The molecule has 1 aliphatic carbocycles. The topological polar surface area (TPSA) is 105 Å². The molecule has 0 aliphatic heterocycles. The van der Waals surface area contributed by atoms with Crippen molar-refractivity contribution in [1.29, 1.82) is 0 Å². The summed E-state index contributed by atoms with van der Waals surface area (Å²) in [4.78, 5) is 9.81. The van der Waals surface area contributed by atoms with Gasteiger partial charge in [-0.1, -0.05) is 34.1 Å². The van der Waals surface area contributed by atoms with Gasteiger partial charge in [0.2, 0.25) is 16.0 Å². The number of aromatic nitrogens is 2. The summed E-state index contributed by atoms with van der Waals surface area (Å²) in [5, 5.41) is 7.81. The minimum atomic E-state index is -3.50. The van der Waals surface area contributed by atoms with Crippen LogP contribution in [0.15, 0.2) is 82.2 Å². The van der Waals surface area contributed by atoms with Crippen LogP contribution in [-0.2, 0) is 10.0 Å². The van der Waals surface area contributed by atoms with E-state index in [4.69, 9.17) is 14.7 Å². The molecule has 0 radical (unpaired) electrons. The molecule has 0 atom stereocenters. The number of ether oxygens (including phenoxy) is 1. The highest BCUT2D eigenvalue weighted by Crippen LogP contribution is 2.30. The Labute approximate surface area is 237 Å². The summed E-state index contributed by atoms with van der Waals surface area (Å²) in [6.45, 7) is 1.24. The first-order chi connectivity index (χ1) is 18.9. The summed E-state index contributed by atoms with van der Waals surface area (Å²) in [6, 6.07) is 22.4. The van der Waals surface area contributed by atoms with Crippen LogP contribution in [0.1, 0.15) is 25.7 Å². The number of benzene rings is 3. The zero-order valence-corrected chi connectivity index (χ0v) is 24.1. The summed E-state index contributed by atoms with van der Waals surface area (Å²) in [5.41, 5.74) is 1.75. The van der Waals surface area contributed by atoms with Gasteiger partial charge in [0.05, 0.1) is 17.5 Å². The van der Waals surface area contributed by atoms with Crippen LogP contribution in [0, 0.1) is 11.8 Å². The summed E-state index contributed by atoms with van der Waals surface area (Å²) < 4.78 is 34.2. The van der Waals surface area contributed by atoms with E-state index in [1.165, 1.54) is 0 Å². The number of hydrogen-bond acceptors (Lipinski definition) is 7. The molecule has 4 aromatic rings. The molecule has 1 fully saturated rings. The highest BCUT2D eigenvalue weighted by molar-refractivity contribution is 9.10. The molecule has 0 saturated heterocycles. The molecular formula is C29H32BrN5O3S. The average Bonchev–Trinajstić information content (AvgIpc) is 2.96. The summed E-state index contributed by atoms with van der Waals surface area (Å²) in [7, 11) is -1.85. The predicted molar refractivity (Wildman–Crippen MR) is 159 cm³/mol. The number of sulfonamides is 1. The minimum absolute atomic E-state index is 0.291. The van der Waals surface area contributed by atoms with Gasteiger partial charge >= 0.3 is 0 Å². The lowest BCUT2D eigenvalue weighted by atomic mass is 9.82. The Morgan fingerprint density at radius 3 is 2.36 bits per heavy atom. The molecular weight excluding hydrogens is 578 g/mol. The molecule has 0 bridgehead atoms. The molecule has 3 aromatic carbocycles. The van der Waals surface area contributed by atoms with Gasteiger partial charge < -0.3 is 15.4 Å². The SMILES string of the molecule is COc1cccc(Nc2nc(NCC3CCC(CNS(=O)(=O)c4ccc(Br)cc4)CC3)nc3ccccc23)c1. The number of fused-ring (bicyclic) bond motifs is 1. The van der Waals surface area contributed by atoms with E-state index >= 15 is 0 Å². The number of rotatable bonds is 10. The Morgan fingerprint density at radius 2 is 1.62 bits per heavy atom. The lowest BCUT2D eigenvalue weighted by Gasteiger charge is -2.28. The molecule has 5 rings (SSSR count). The Morgan fingerprint density at radius 1 is 0.897 bits per heavy atom. The monoisotopic (exact) mass is 609 g/mol. The van der Waals surface area contributed by atoms with Crippen LogP contribution in [0.25, 0.3) is 10.9 Å². The second-order valence-electron chi connectivity index (χ2n) is 9.84. The van der Waals surface area contributed by atoms with Crippen LogP contribution in [0.3, 0.4) is 0 Å². The molecule has 204 valence electrons. The van der Waals surface area contributed by atoms with Crippen molar-refractivity contribution in [3.05, 3.63) is 77.3 Å². The fourth-order valence-corrected chi connectivity index (χ4v) is 6.27. The average molecular weight is 611 g/mol. The van der Waals surface area contributed by atoms with Crippen molar-refractivity contribution in [1.82, 2.24) is 14.7 Å². The van der Waals surface area contributed by atoms with Gasteiger partial charge in [-0.05, 0) is 86.1 Å². The number of halogens is 1. The number of methoxy groups -OCH3 is 1. The second kappa shape index (κ2) is 12.3. The third kappa shape index (κ3) is 7.06. The van der Waals surface area contributed by atoms with Gasteiger partial charge in [0.1, 0.15) is 11.6 Å². The Kier molecular flexibility index (Phi) is 8.64. The first kappa shape index (κ1) is 27.4. The summed E-state index contributed by atoms with van der Waals surface area (Å²) >= 11 is 3.34. The van der Waals surface area contributed by atoms with E-state index in [0.717, 1.165) is 64.9 Å². The molecule has 3 N–H and O–H groups in total. The minimum Gasteiger partial charge on any atom is -0.497 e. The molecule has 1 aromatic heterocycles. The van der Waals surface area contributed by atoms with Crippen LogP contribution >= 0.6 is 15.9 Å². The molecule has 1 saturated carbocycles. The zero-order chi connectivity index (χ0) is 27.2. The number of nitrogens with zero attached hydrogens (tertiary/aromatic N) is 2. The van der Waals surface area contributed by atoms with Gasteiger partial charge in [0.25, 0.3) is 0 Å². The van der Waals surface area contributed by atoms with Gasteiger partial charge in [-0.25, -0.2) is 18.1 Å². The maximum Gasteiger partial charge on any atom is 0.240 e. The zero-order valence-electron chi connectivity index (χ0n) is 21.7. The maximum absolute atomic E-state index is 12.6. The van der Waals surface area contributed by atoms with Crippen molar-refractivity contribution in [2.75, 3.05) is 30.8 Å². The number of anilines is 3. The third-order valence-electron chi connectivity index (χ3n) is 7.14. The molecule has 0 spiro atoms. The van der Waals surface area contributed by atoms with Crippen molar-refractivity contribution in [2.24, 2.45) is 11.8 Å². The van der Waals surface area contributed by atoms with E-state index in [2.05, 4.69) is 31.3 Å². The number of nitrogens with one attached hydrogen (secondary N) is 3. The van der Waals surface area contributed by atoms with Crippen LogP contribution < -0.4 is 20.1 Å². The van der Waals surface area contributed by atoms with E-state index in [0.29, 0.717) is 29.2 Å². The standard InChI is InChI=1S/C29H32BrN5O3S/c1-38-24-6-4-5-23(17-24)33-28-26-7-2-3-8-27(26)34-29(35-28)31-18-20-9-11-21(12-10-20)19-32-39(36,37)25-15-13-22(30)14-16-25/h2-8,13-17,20-21,32H,9-12,18-19H2,1H3,(H2,31,33,34,35). The highest BCUT2D eigenvalue weighted by Gasteiger charge is 2.23. The summed E-state index contributed by atoms with van der Waals surface area (Å²) in [5.74, 6) is 2.91. The van der Waals surface area contributed by atoms with E-state index in [-0.39, 0.29) is 0 Å². The molecule has 1 aliphatic rings. The lowest BCUT2D eigenvalue weighted by Crippen LogP contribution is -2.32. The van der Waals surface area contributed by atoms with Crippen LogP contribution in [0.5, 0.6) is 5.75 Å². The Hall–Kier alpha value is -3.21. The van der Waals surface area contributed by atoms with Crippen molar-refractivity contribution in [3.63, 3.8) is 0 Å². The molecule has 0 amide bonds. The smallest absolute Gasteiger partial charge is 0.240 e. The Balaban J connectivity index is 1.17. The van der Waals surface area contributed by atoms with Crippen LogP contribution in [0.2, 0.25) is 0 Å². The normalized spacial score (nSPS) is 17.6. The maximum atomic E-state index is 12.6. The quantitative estimate of drug-likeness (QED) is 0.193. The van der Waals surface area contributed by atoms with Gasteiger partial charge in [-0.15, -0.1) is 0 Å². The number of hydrogen-bond donors (Lipinski definition) is 3. The van der Waals surface area contributed by atoms with Crippen LogP contribution in [0.4, 0.5) is 17.5 Å². The second-order valence-corrected chi connectivity index (χ2v) is 12.5. The fourth-order valence-electron chi connectivity index (χ4n) is 4.89. The van der Waals surface area contributed by atoms with Crippen molar-refractivity contribution >= 4 is 54.3 Å². The molecule has 10 heteroatoms. The van der Waals surface area contributed by atoms with Gasteiger partial charge in [-0.3, -0.25) is 0 Å². The predicted octanol–water partition coefficient (Wildman–Crippen LogP) is 6.34. The van der Waals surface area contributed by atoms with Gasteiger partial charge in [0.15, 0.2) is 0 Å². The first-order valence-electron chi connectivity index (χ1n) is 13.1. The molecule has 39 heavy (non-hydrogen) atoms. The van der Waals surface area contributed by atoms with Crippen molar-refractivity contribution < 1.29 is 13.2 Å². The highest BCUT2D eigenvalue weighted by atomic mass is 79.9. The van der Waals surface area contributed by atoms with E-state index < -0.39 is 10.0 Å². The van der Waals surface area contributed by atoms with E-state index in [1.54, 1.807) is 31.4 Å². The van der Waals surface area contributed by atoms with Crippen molar-refractivity contribution in [2.45, 2.75) is 30.6 Å². The van der Waals surface area contributed by atoms with Crippen LogP contribution in [-0.4, -0.2) is 38.6 Å². The molecule has 8 nitrogen and oxygen atoms in total. The van der Waals surface area contributed by atoms with E-state index in [1.807, 2.05) is 48.5 Å². The Bertz CT molecular complexity index is 1520. The summed E-state index contributed by atoms with van der Waals surface area (Å²) in [6.07, 6.45) is 4.02. The fraction of sp³-hybridized carbons (Fsp3) is 0.310. The van der Waals surface area contributed by atoms with Crippen molar-refractivity contribution in [3.8, 4) is 5.75 Å². The number of para-hydroxylation sites is 1. The molecule has 0 unspecified atom stereocenters. The largest absolute Gasteiger partial charge is 0.497 e. The first-order valence-corrected chi connectivity index (χ1v) is 15.3. The van der Waals surface area contributed by atoms with E-state index in [9.17, 15) is 8.42 Å². The molecule has 1 heterocycles. The third-order valence-corrected chi connectivity index (χ3v) is 9.10.